The van der Waals surface area contributed by atoms with Crippen LogP contribution in [0, 0.1) is 5.82 Å². The van der Waals surface area contributed by atoms with E-state index in [1.165, 1.54) is 17.7 Å². The van der Waals surface area contributed by atoms with E-state index in [0.717, 1.165) is 18.5 Å². The van der Waals surface area contributed by atoms with Crippen LogP contribution in [0.5, 0.6) is 0 Å². The summed E-state index contributed by atoms with van der Waals surface area (Å²) in [7, 11) is 0. The average molecular weight is 298 g/mol. The minimum Gasteiger partial charge on any atom is -0.366 e. The second-order valence-electron chi connectivity index (χ2n) is 5.72. The Balaban J connectivity index is 1.75. The third kappa shape index (κ3) is 3.02. The zero-order chi connectivity index (χ0) is 15.5. The first-order valence-electron chi connectivity index (χ1n) is 7.52. The number of benzene rings is 2. The molecule has 0 bridgehead atoms. The third-order valence-corrected chi connectivity index (χ3v) is 4.27. The van der Waals surface area contributed by atoms with E-state index in [9.17, 15) is 9.18 Å². The molecule has 0 saturated carbocycles. The van der Waals surface area contributed by atoms with Gasteiger partial charge < -0.3 is 11.1 Å². The van der Waals surface area contributed by atoms with Gasteiger partial charge in [-0.2, -0.15) is 0 Å². The van der Waals surface area contributed by atoms with Crippen molar-refractivity contribution in [3.8, 4) is 0 Å². The molecule has 0 aromatic heterocycles. The Labute approximate surface area is 129 Å². The van der Waals surface area contributed by atoms with Gasteiger partial charge in [0.15, 0.2) is 0 Å². The summed E-state index contributed by atoms with van der Waals surface area (Å²) in [4.78, 5) is 11.5. The number of carbonyl (C=O) groups excluding carboxylic acids is 1. The van der Waals surface area contributed by atoms with Crippen LogP contribution in [0.4, 0.5) is 4.39 Å². The summed E-state index contributed by atoms with van der Waals surface area (Å²) >= 11 is 0. The molecule has 3 N–H and O–H groups in total. The first-order valence-corrected chi connectivity index (χ1v) is 7.52. The maximum absolute atomic E-state index is 13.9. The van der Waals surface area contributed by atoms with Gasteiger partial charge in [-0.25, -0.2) is 4.39 Å². The van der Waals surface area contributed by atoms with E-state index >= 15 is 0 Å². The van der Waals surface area contributed by atoms with Crippen molar-refractivity contribution in [2.45, 2.75) is 31.8 Å². The van der Waals surface area contributed by atoms with Crippen LogP contribution >= 0.6 is 0 Å². The fourth-order valence-electron chi connectivity index (χ4n) is 3.10. The van der Waals surface area contributed by atoms with Gasteiger partial charge in [0.2, 0.25) is 5.91 Å². The molecule has 0 fully saturated rings. The Bertz CT molecular complexity index is 685. The Morgan fingerprint density at radius 3 is 2.68 bits per heavy atom. The van der Waals surface area contributed by atoms with Crippen molar-refractivity contribution in [2.24, 2.45) is 5.73 Å². The smallest absolute Gasteiger partial charge is 0.248 e. The zero-order valence-corrected chi connectivity index (χ0v) is 12.3. The number of hydrogen-bond donors (Lipinski definition) is 2. The van der Waals surface area contributed by atoms with Crippen molar-refractivity contribution in [1.82, 2.24) is 5.32 Å². The summed E-state index contributed by atoms with van der Waals surface area (Å²) in [6.07, 6.45) is 2.13. The van der Waals surface area contributed by atoms with Crippen molar-refractivity contribution >= 4 is 5.91 Å². The van der Waals surface area contributed by atoms with Gasteiger partial charge in [-0.1, -0.05) is 30.3 Å². The molecule has 3 rings (SSSR count). The normalized spacial score (nSPS) is 17.0. The van der Waals surface area contributed by atoms with E-state index in [1.54, 1.807) is 0 Å². The summed E-state index contributed by atoms with van der Waals surface area (Å²) in [5.41, 5.74) is 8.49. The Hall–Kier alpha value is -2.20. The molecule has 2 aromatic rings. The van der Waals surface area contributed by atoms with Gasteiger partial charge in [0.25, 0.3) is 0 Å². The summed E-state index contributed by atoms with van der Waals surface area (Å²) in [6.45, 7) is 0.766. The van der Waals surface area contributed by atoms with Gasteiger partial charge in [0.1, 0.15) is 5.82 Å². The molecule has 0 aliphatic heterocycles. The molecule has 1 aliphatic rings. The lowest BCUT2D eigenvalue weighted by molar-refractivity contribution is 0.0999. The van der Waals surface area contributed by atoms with Crippen LogP contribution in [0.3, 0.4) is 0 Å². The molecule has 1 amide bonds. The minimum absolute atomic E-state index is 0.229. The highest BCUT2D eigenvalue weighted by molar-refractivity contribution is 5.94. The maximum atomic E-state index is 13.9. The van der Waals surface area contributed by atoms with Crippen LogP contribution in [0.25, 0.3) is 0 Å². The van der Waals surface area contributed by atoms with Crippen LogP contribution in [-0.4, -0.2) is 11.9 Å². The summed E-state index contributed by atoms with van der Waals surface area (Å²) < 4.78 is 13.9. The highest BCUT2D eigenvalue weighted by atomic mass is 19.1. The molecule has 3 nitrogen and oxygen atoms in total. The number of nitrogens with one attached hydrogen (secondary N) is 1. The second kappa shape index (κ2) is 6.28. The van der Waals surface area contributed by atoms with Crippen molar-refractivity contribution in [1.29, 1.82) is 0 Å². The maximum Gasteiger partial charge on any atom is 0.248 e. The molecule has 22 heavy (non-hydrogen) atoms. The zero-order valence-electron chi connectivity index (χ0n) is 12.3. The van der Waals surface area contributed by atoms with Crippen molar-refractivity contribution in [3.63, 3.8) is 0 Å². The lowest BCUT2D eigenvalue weighted by atomic mass is 9.84. The van der Waals surface area contributed by atoms with Gasteiger partial charge in [-0.3, -0.25) is 4.79 Å². The molecule has 114 valence electrons. The van der Waals surface area contributed by atoms with Crippen LogP contribution in [0.2, 0.25) is 0 Å². The quantitative estimate of drug-likeness (QED) is 0.911. The van der Waals surface area contributed by atoms with Gasteiger partial charge in [-0.05, 0) is 48.1 Å². The molecule has 1 aliphatic carbocycles. The molecule has 1 atom stereocenters. The number of hydrogen-bond acceptors (Lipinski definition) is 2. The Morgan fingerprint density at radius 1 is 1.18 bits per heavy atom. The van der Waals surface area contributed by atoms with E-state index in [4.69, 9.17) is 5.73 Å². The number of fused-ring (bicyclic) bond motifs is 1. The first-order chi connectivity index (χ1) is 10.6. The number of rotatable bonds is 4. The second-order valence-corrected chi connectivity index (χ2v) is 5.72. The van der Waals surface area contributed by atoms with Crippen LogP contribution < -0.4 is 11.1 Å². The van der Waals surface area contributed by atoms with Crippen molar-refractivity contribution in [3.05, 3.63) is 70.5 Å². The van der Waals surface area contributed by atoms with Crippen molar-refractivity contribution in [2.75, 3.05) is 0 Å². The molecular weight excluding hydrogens is 279 g/mol. The number of halogens is 1. The highest BCUT2D eigenvalue weighted by Crippen LogP contribution is 2.27. The largest absolute Gasteiger partial charge is 0.366 e. The molecule has 0 radical (unpaired) electrons. The number of carbonyl (C=O) groups is 1. The highest BCUT2D eigenvalue weighted by Gasteiger charge is 2.24. The number of primary amides is 1. The summed E-state index contributed by atoms with van der Waals surface area (Å²) in [5.74, 6) is -0.721. The standard InChI is InChI=1S/C18H19FN2O/c19-17-9-8-15(18(20)22)16-10-13(6-7-14(16)17)21-11-12-4-2-1-3-5-12/h1-5,8-9,13,21H,6-7,10-11H2,(H2,20,22). The third-order valence-electron chi connectivity index (χ3n) is 4.27. The van der Waals surface area contributed by atoms with E-state index in [-0.39, 0.29) is 11.9 Å². The van der Waals surface area contributed by atoms with Crippen LogP contribution in [0.1, 0.15) is 33.5 Å². The van der Waals surface area contributed by atoms with Crippen molar-refractivity contribution < 1.29 is 9.18 Å². The van der Waals surface area contributed by atoms with E-state index in [1.807, 2.05) is 18.2 Å². The predicted molar refractivity (Wildman–Crippen MR) is 84.0 cm³/mol. The average Bonchev–Trinajstić information content (AvgIpc) is 2.54. The molecule has 0 heterocycles. The molecule has 2 aromatic carbocycles. The number of nitrogens with two attached hydrogens (primary N) is 1. The minimum atomic E-state index is -0.486. The fraction of sp³-hybridized carbons (Fsp3) is 0.278. The van der Waals surface area contributed by atoms with Gasteiger partial charge >= 0.3 is 0 Å². The summed E-state index contributed by atoms with van der Waals surface area (Å²) in [6, 6.07) is 13.2. The molecule has 0 spiro atoms. The predicted octanol–water partition coefficient (Wildman–Crippen LogP) is 2.57. The Morgan fingerprint density at radius 2 is 1.95 bits per heavy atom. The molecule has 1 unspecified atom stereocenters. The Kier molecular flexibility index (Phi) is 4.20. The van der Waals surface area contributed by atoms with E-state index in [2.05, 4.69) is 17.4 Å². The fourth-order valence-corrected chi connectivity index (χ4v) is 3.10. The van der Waals surface area contributed by atoms with E-state index in [0.29, 0.717) is 24.0 Å². The van der Waals surface area contributed by atoms with Gasteiger partial charge in [0.05, 0.1) is 0 Å². The van der Waals surface area contributed by atoms with E-state index < -0.39 is 5.91 Å². The van der Waals surface area contributed by atoms with Gasteiger partial charge in [0, 0.05) is 18.2 Å². The lowest BCUT2D eigenvalue weighted by Crippen LogP contribution is -2.35. The SMILES string of the molecule is NC(=O)c1ccc(F)c2c1CC(NCc1ccccc1)CC2. The lowest BCUT2D eigenvalue weighted by Gasteiger charge is -2.27. The van der Waals surface area contributed by atoms with Gasteiger partial charge in [-0.15, -0.1) is 0 Å². The van der Waals surface area contributed by atoms with Crippen LogP contribution in [-0.2, 0) is 19.4 Å². The monoisotopic (exact) mass is 298 g/mol. The molecule has 0 saturated heterocycles. The molecule has 4 heteroatoms. The first kappa shape index (κ1) is 14.7. The summed E-state index contributed by atoms with van der Waals surface area (Å²) in [5, 5.41) is 3.49. The molecular formula is C18H19FN2O. The topological polar surface area (TPSA) is 55.1 Å². The van der Waals surface area contributed by atoms with Crippen LogP contribution in [0.15, 0.2) is 42.5 Å². The number of amides is 1.